The smallest absolute Gasteiger partial charge is 0.286 e. The molecule has 0 aromatic heterocycles. The van der Waals surface area contributed by atoms with Crippen molar-refractivity contribution < 1.29 is 9.59 Å². The fourth-order valence-corrected chi connectivity index (χ4v) is 1.34. The molecule has 0 radical (unpaired) electrons. The summed E-state index contributed by atoms with van der Waals surface area (Å²) in [6.45, 7) is 4.54. The minimum absolute atomic E-state index is 0.334. The van der Waals surface area contributed by atoms with Gasteiger partial charge in [0.2, 0.25) is 6.29 Å². The van der Waals surface area contributed by atoms with E-state index in [9.17, 15) is 9.59 Å². The van der Waals surface area contributed by atoms with E-state index >= 15 is 0 Å². The summed E-state index contributed by atoms with van der Waals surface area (Å²) in [5.74, 6) is -0.492. The molecule has 15 heavy (non-hydrogen) atoms. The quantitative estimate of drug-likeness (QED) is 0.553. The highest BCUT2D eigenvalue weighted by Gasteiger charge is 2.07. The normalized spacial score (nSPS) is 9.80. The zero-order valence-electron chi connectivity index (χ0n) is 9.28. The Morgan fingerprint density at radius 1 is 1.33 bits per heavy atom. The monoisotopic (exact) mass is 205 g/mol. The second-order valence-corrected chi connectivity index (χ2v) is 3.73. The Labute approximate surface area is 89.7 Å². The van der Waals surface area contributed by atoms with Crippen molar-refractivity contribution in [3.05, 3.63) is 34.9 Å². The zero-order valence-corrected chi connectivity index (χ0v) is 9.28. The Hall–Kier alpha value is -1.64. The molecule has 0 atom stereocenters. The number of aryl methyl sites for hydroxylation is 2. The minimum atomic E-state index is -0.492. The van der Waals surface area contributed by atoms with Crippen LogP contribution in [0.2, 0.25) is 0 Å². The first kappa shape index (κ1) is 11.4. The summed E-state index contributed by atoms with van der Waals surface area (Å²) >= 11 is 0. The highest BCUT2D eigenvalue weighted by molar-refractivity contribution is 6.23. The Balaban J connectivity index is 2.77. The van der Waals surface area contributed by atoms with Gasteiger partial charge in [0, 0.05) is 13.6 Å². The predicted octanol–water partition coefficient (Wildman–Crippen LogP) is 1.46. The number of hydrogen-bond donors (Lipinski definition) is 0. The van der Waals surface area contributed by atoms with E-state index in [0.717, 1.165) is 5.56 Å². The number of likely N-dealkylation sites (N-methyl/N-ethyl adjacent to an activating group) is 1. The first-order valence-corrected chi connectivity index (χ1v) is 4.81. The van der Waals surface area contributed by atoms with E-state index in [2.05, 4.69) is 0 Å². The Morgan fingerprint density at radius 3 is 2.53 bits per heavy atom. The van der Waals surface area contributed by atoms with Gasteiger partial charge in [0.25, 0.3) is 5.91 Å². The molecule has 1 rings (SSSR count). The lowest BCUT2D eigenvalue weighted by atomic mass is 10.1. The molecular formula is C12H15NO2. The lowest BCUT2D eigenvalue weighted by Crippen LogP contribution is -2.26. The molecule has 0 bridgehead atoms. The fourth-order valence-electron chi connectivity index (χ4n) is 1.34. The first-order chi connectivity index (χ1) is 7.04. The summed E-state index contributed by atoms with van der Waals surface area (Å²) in [6.07, 6.45) is 0.334. The van der Waals surface area contributed by atoms with Gasteiger partial charge in [-0.25, -0.2) is 0 Å². The first-order valence-electron chi connectivity index (χ1n) is 4.81. The Kier molecular flexibility index (Phi) is 3.61. The van der Waals surface area contributed by atoms with Crippen molar-refractivity contribution in [1.29, 1.82) is 0 Å². The maximum atomic E-state index is 11.0. The van der Waals surface area contributed by atoms with E-state index in [0.29, 0.717) is 12.8 Å². The summed E-state index contributed by atoms with van der Waals surface area (Å²) in [5.41, 5.74) is 3.46. The van der Waals surface area contributed by atoms with Crippen molar-refractivity contribution >= 4 is 12.2 Å². The Morgan fingerprint density at radius 2 is 2.00 bits per heavy atom. The van der Waals surface area contributed by atoms with Crippen LogP contribution in [0.15, 0.2) is 18.2 Å². The van der Waals surface area contributed by atoms with Crippen LogP contribution in [-0.2, 0) is 16.1 Å². The number of rotatable bonds is 3. The average molecular weight is 205 g/mol. The number of nitrogens with zero attached hydrogens (tertiary/aromatic N) is 1. The van der Waals surface area contributed by atoms with Crippen molar-refractivity contribution in [2.24, 2.45) is 0 Å². The molecule has 0 heterocycles. The van der Waals surface area contributed by atoms with Crippen LogP contribution in [0.25, 0.3) is 0 Å². The minimum Gasteiger partial charge on any atom is -0.335 e. The summed E-state index contributed by atoms with van der Waals surface area (Å²) < 4.78 is 0. The van der Waals surface area contributed by atoms with Gasteiger partial charge in [-0.3, -0.25) is 9.59 Å². The van der Waals surface area contributed by atoms with Crippen LogP contribution in [0.3, 0.4) is 0 Å². The van der Waals surface area contributed by atoms with E-state index in [-0.39, 0.29) is 0 Å². The fraction of sp³-hybridized carbons (Fsp3) is 0.333. The molecule has 0 aliphatic heterocycles. The number of carbonyl (C=O) groups excluding carboxylic acids is 2. The summed E-state index contributed by atoms with van der Waals surface area (Å²) in [5, 5.41) is 0. The second-order valence-electron chi connectivity index (χ2n) is 3.73. The largest absolute Gasteiger partial charge is 0.335 e. The van der Waals surface area contributed by atoms with Crippen LogP contribution in [0.4, 0.5) is 0 Å². The molecule has 0 saturated carbocycles. The second kappa shape index (κ2) is 4.73. The molecule has 0 aliphatic rings. The van der Waals surface area contributed by atoms with E-state index in [1.54, 1.807) is 7.05 Å². The standard InChI is InChI=1S/C12H15NO2/c1-9-4-5-11(6-10(9)2)7-13(3)12(15)8-14/h4-6,8H,7H2,1-3H3. The summed E-state index contributed by atoms with van der Waals surface area (Å²) in [7, 11) is 1.62. The van der Waals surface area contributed by atoms with Crippen molar-refractivity contribution in [1.82, 2.24) is 4.90 Å². The maximum Gasteiger partial charge on any atom is 0.286 e. The van der Waals surface area contributed by atoms with Gasteiger partial charge in [-0.05, 0) is 30.5 Å². The van der Waals surface area contributed by atoms with Gasteiger partial charge < -0.3 is 4.90 Å². The lowest BCUT2D eigenvalue weighted by Gasteiger charge is -2.14. The van der Waals surface area contributed by atoms with Crippen LogP contribution >= 0.6 is 0 Å². The molecule has 1 aromatic carbocycles. The molecular weight excluding hydrogens is 190 g/mol. The van der Waals surface area contributed by atoms with Crippen molar-refractivity contribution in [3.8, 4) is 0 Å². The van der Waals surface area contributed by atoms with Crippen LogP contribution in [0.1, 0.15) is 16.7 Å². The third kappa shape index (κ3) is 2.91. The van der Waals surface area contributed by atoms with Gasteiger partial charge >= 0.3 is 0 Å². The highest BCUT2D eigenvalue weighted by Crippen LogP contribution is 2.11. The van der Waals surface area contributed by atoms with Gasteiger partial charge in [-0.1, -0.05) is 18.2 Å². The number of benzene rings is 1. The molecule has 0 saturated heterocycles. The lowest BCUT2D eigenvalue weighted by molar-refractivity contribution is -0.138. The van der Waals surface area contributed by atoms with Crippen LogP contribution < -0.4 is 0 Å². The molecule has 3 heteroatoms. The number of aldehydes is 1. The molecule has 80 valence electrons. The van der Waals surface area contributed by atoms with Crippen LogP contribution in [0.5, 0.6) is 0 Å². The van der Waals surface area contributed by atoms with Crippen molar-refractivity contribution in [3.63, 3.8) is 0 Å². The predicted molar refractivity (Wildman–Crippen MR) is 58.5 cm³/mol. The molecule has 3 nitrogen and oxygen atoms in total. The van der Waals surface area contributed by atoms with Gasteiger partial charge in [-0.15, -0.1) is 0 Å². The maximum absolute atomic E-state index is 11.0. The van der Waals surface area contributed by atoms with E-state index in [1.807, 2.05) is 32.0 Å². The molecule has 1 amide bonds. The molecule has 0 unspecified atom stereocenters. The highest BCUT2D eigenvalue weighted by atomic mass is 16.2. The molecule has 0 spiro atoms. The number of amides is 1. The third-order valence-corrected chi connectivity index (χ3v) is 2.47. The number of hydrogen-bond acceptors (Lipinski definition) is 2. The molecule has 0 fully saturated rings. The SMILES string of the molecule is Cc1ccc(CN(C)C(=O)C=O)cc1C. The summed E-state index contributed by atoms with van der Waals surface area (Å²) in [4.78, 5) is 22.7. The number of carbonyl (C=O) groups is 2. The van der Waals surface area contributed by atoms with Gasteiger partial charge in [0.05, 0.1) is 0 Å². The third-order valence-electron chi connectivity index (χ3n) is 2.47. The van der Waals surface area contributed by atoms with Gasteiger partial charge in [0.1, 0.15) is 0 Å². The van der Waals surface area contributed by atoms with E-state index in [1.165, 1.54) is 16.0 Å². The zero-order chi connectivity index (χ0) is 11.4. The van der Waals surface area contributed by atoms with Crippen LogP contribution in [-0.4, -0.2) is 24.1 Å². The van der Waals surface area contributed by atoms with Crippen molar-refractivity contribution in [2.45, 2.75) is 20.4 Å². The average Bonchev–Trinajstić information content (AvgIpc) is 2.22. The van der Waals surface area contributed by atoms with E-state index < -0.39 is 5.91 Å². The van der Waals surface area contributed by atoms with Gasteiger partial charge in [-0.2, -0.15) is 0 Å². The van der Waals surface area contributed by atoms with Crippen molar-refractivity contribution in [2.75, 3.05) is 7.05 Å². The topological polar surface area (TPSA) is 37.4 Å². The summed E-state index contributed by atoms with van der Waals surface area (Å²) in [6, 6.07) is 6.02. The molecule has 0 aliphatic carbocycles. The molecule has 0 N–H and O–H groups in total. The van der Waals surface area contributed by atoms with Crippen LogP contribution in [0, 0.1) is 13.8 Å². The van der Waals surface area contributed by atoms with E-state index in [4.69, 9.17) is 0 Å². The van der Waals surface area contributed by atoms with Gasteiger partial charge in [0.15, 0.2) is 0 Å². The Bertz CT molecular complexity index is 385. The molecule has 1 aromatic rings.